The fourth-order valence-corrected chi connectivity index (χ4v) is 1.39. The van der Waals surface area contributed by atoms with Gasteiger partial charge in [0.15, 0.2) is 0 Å². The summed E-state index contributed by atoms with van der Waals surface area (Å²) in [6.07, 6.45) is 0. The van der Waals surface area contributed by atoms with Crippen LogP contribution in [0.3, 0.4) is 0 Å². The van der Waals surface area contributed by atoms with Crippen LogP contribution in [0.2, 0.25) is 0 Å². The van der Waals surface area contributed by atoms with Crippen LogP contribution in [-0.4, -0.2) is 32.2 Å². The lowest BCUT2D eigenvalue weighted by Gasteiger charge is -2.24. The third kappa shape index (κ3) is 3.63. The van der Waals surface area contributed by atoms with Crippen molar-refractivity contribution in [3.63, 3.8) is 0 Å². The second-order valence-corrected chi connectivity index (χ2v) is 4.70. The highest BCUT2D eigenvalue weighted by Gasteiger charge is 2.16. The van der Waals surface area contributed by atoms with Gasteiger partial charge in [-0.3, -0.25) is 4.79 Å². The number of ether oxygens (including phenoxy) is 1. The van der Waals surface area contributed by atoms with Crippen LogP contribution in [0.25, 0.3) is 0 Å². The first-order chi connectivity index (χ1) is 8.39. The summed E-state index contributed by atoms with van der Waals surface area (Å²) < 4.78 is 5.31. The first-order valence-corrected chi connectivity index (χ1v) is 5.80. The minimum atomic E-state index is -0.272. The van der Waals surface area contributed by atoms with Crippen molar-refractivity contribution in [2.24, 2.45) is 0 Å². The summed E-state index contributed by atoms with van der Waals surface area (Å²) in [5.41, 5.74) is 7.52. The SMILES string of the molecule is CNC(=O)c1ccc(NCC(C)(C)OC)c(N)c1. The van der Waals surface area contributed by atoms with Crippen molar-refractivity contribution in [2.75, 3.05) is 31.8 Å². The molecule has 4 N–H and O–H groups in total. The summed E-state index contributed by atoms with van der Waals surface area (Å²) in [5.74, 6) is -0.148. The lowest BCUT2D eigenvalue weighted by Crippen LogP contribution is -2.32. The molecule has 0 atom stereocenters. The largest absolute Gasteiger partial charge is 0.397 e. The van der Waals surface area contributed by atoms with E-state index in [0.29, 0.717) is 17.8 Å². The molecule has 1 amide bonds. The lowest BCUT2D eigenvalue weighted by atomic mass is 10.1. The van der Waals surface area contributed by atoms with Gasteiger partial charge < -0.3 is 21.1 Å². The van der Waals surface area contributed by atoms with Crippen molar-refractivity contribution in [1.82, 2.24) is 5.32 Å². The summed E-state index contributed by atoms with van der Waals surface area (Å²) in [6.45, 7) is 4.59. The standard InChI is InChI=1S/C13H21N3O2/c1-13(2,18-4)8-16-11-6-5-9(7-10(11)14)12(17)15-3/h5-7,16H,8,14H2,1-4H3,(H,15,17). The van der Waals surface area contributed by atoms with Crippen LogP contribution in [-0.2, 0) is 4.74 Å². The van der Waals surface area contributed by atoms with E-state index in [1.165, 1.54) is 0 Å². The van der Waals surface area contributed by atoms with E-state index in [-0.39, 0.29) is 11.5 Å². The molecule has 1 aromatic carbocycles. The molecule has 0 heterocycles. The molecule has 0 unspecified atom stereocenters. The molecule has 5 heteroatoms. The molecule has 100 valence electrons. The number of nitrogens with two attached hydrogens (primary N) is 1. The van der Waals surface area contributed by atoms with Gasteiger partial charge in [0.1, 0.15) is 0 Å². The van der Waals surface area contributed by atoms with Crippen molar-refractivity contribution in [3.8, 4) is 0 Å². The first-order valence-electron chi connectivity index (χ1n) is 5.80. The van der Waals surface area contributed by atoms with Gasteiger partial charge in [0, 0.05) is 26.3 Å². The number of carbonyl (C=O) groups excluding carboxylic acids is 1. The highest BCUT2D eigenvalue weighted by atomic mass is 16.5. The van der Waals surface area contributed by atoms with E-state index in [4.69, 9.17) is 10.5 Å². The summed E-state index contributed by atoms with van der Waals surface area (Å²) in [6, 6.07) is 5.18. The van der Waals surface area contributed by atoms with Gasteiger partial charge in [-0.1, -0.05) is 0 Å². The number of hydrogen-bond donors (Lipinski definition) is 3. The number of nitrogens with one attached hydrogen (secondary N) is 2. The second kappa shape index (κ2) is 5.73. The number of nitrogen functional groups attached to an aromatic ring is 1. The molecule has 0 fully saturated rings. The Morgan fingerprint density at radius 2 is 2.11 bits per heavy atom. The predicted octanol–water partition coefficient (Wildman–Crippen LogP) is 1.47. The van der Waals surface area contributed by atoms with Crippen LogP contribution < -0.4 is 16.4 Å². The normalized spacial score (nSPS) is 11.1. The summed E-state index contributed by atoms with van der Waals surface area (Å²) in [7, 11) is 3.26. The molecule has 0 aliphatic heterocycles. The zero-order chi connectivity index (χ0) is 13.8. The number of hydrogen-bond acceptors (Lipinski definition) is 4. The van der Waals surface area contributed by atoms with Crippen molar-refractivity contribution < 1.29 is 9.53 Å². The second-order valence-electron chi connectivity index (χ2n) is 4.70. The van der Waals surface area contributed by atoms with E-state index in [1.807, 2.05) is 13.8 Å². The van der Waals surface area contributed by atoms with Crippen LogP contribution in [0.15, 0.2) is 18.2 Å². The average molecular weight is 251 g/mol. The number of amides is 1. The predicted molar refractivity (Wildman–Crippen MR) is 73.8 cm³/mol. The fraction of sp³-hybridized carbons (Fsp3) is 0.462. The van der Waals surface area contributed by atoms with Gasteiger partial charge in [-0.05, 0) is 32.0 Å². The number of carbonyl (C=O) groups is 1. The van der Waals surface area contributed by atoms with Gasteiger partial charge in [-0.15, -0.1) is 0 Å². The Morgan fingerprint density at radius 1 is 1.44 bits per heavy atom. The van der Waals surface area contributed by atoms with Crippen molar-refractivity contribution in [1.29, 1.82) is 0 Å². The van der Waals surface area contributed by atoms with Crippen molar-refractivity contribution in [3.05, 3.63) is 23.8 Å². The number of methoxy groups -OCH3 is 1. The van der Waals surface area contributed by atoms with E-state index < -0.39 is 0 Å². The van der Waals surface area contributed by atoms with Crippen LogP contribution in [0.1, 0.15) is 24.2 Å². The van der Waals surface area contributed by atoms with Crippen LogP contribution in [0, 0.1) is 0 Å². The van der Waals surface area contributed by atoms with Gasteiger partial charge in [0.05, 0.1) is 17.0 Å². The monoisotopic (exact) mass is 251 g/mol. The molecule has 0 radical (unpaired) electrons. The summed E-state index contributed by atoms with van der Waals surface area (Å²) in [4.78, 5) is 11.4. The molecular formula is C13H21N3O2. The molecule has 0 spiro atoms. The molecule has 0 bridgehead atoms. The molecule has 1 aromatic rings. The van der Waals surface area contributed by atoms with Gasteiger partial charge >= 0.3 is 0 Å². The number of anilines is 2. The van der Waals surface area contributed by atoms with Gasteiger partial charge in [-0.25, -0.2) is 0 Å². The lowest BCUT2D eigenvalue weighted by molar-refractivity contribution is 0.0344. The quantitative estimate of drug-likeness (QED) is 0.693. The molecule has 0 saturated carbocycles. The van der Waals surface area contributed by atoms with Crippen LogP contribution >= 0.6 is 0 Å². The van der Waals surface area contributed by atoms with Gasteiger partial charge in [0.25, 0.3) is 5.91 Å². The fourth-order valence-electron chi connectivity index (χ4n) is 1.39. The Balaban J connectivity index is 2.77. The Kier molecular flexibility index (Phi) is 4.55. The molecule has 0 aliphatic rings. The Hall–Kier alpha value is -1.75. The minimum Gasteiger partial charge on any atom is -0.397 e. The molecular weight excluding hydrogens is 230 g/mol. The Labute approximate surface area is 108 Å². The van der Waals surface area contributed by atoms with Gasteiger partial charge in [0.2, 0.25) is 0 Å². The highest BCUT2D eigenvalue weighted by Crippen LogP contribution is 2.21. The van der Waals surface area contributed by atoms with E-state index >= 15 is 0 Å². The molecule has 0 aromatic heterocycles. The summed E-state index contributed by atoms with van der Waals surface area (Å²) in [5, 5.41) is 5.77. The molecule has 0 aliphatic carbocycles. The van der Waals surface area contributed by atoms with Crippen LogP contribution in [0.5, 0.6) is 0 Å². The first kappa shape index (κ1) is 14.3. The van der Waals surface area contributed by atoms with E-state index in [9.17, 15) is 4.79 Å². The third-order valence-electron chi connectivity index (χ3n) is 2.80. The summed E-state index contributed by atoms with van der Waals surface area (Å²) >= 11 is 0. The Morgan fingerprint density at radius 3 is 2.61 bits per heavy atom. The molecule has 0 saturated heterocycles. The maximum Gasteiger partial charge on any atom is 0.251 e. The minimum absolute atomic E-state index is 0.148. The van der Waals surface area contributed by atoms with Crippen LogP contribution in [0.4, 0.5) is 11.4 Å². The number of benzene rings is 1. The Bertz CT molecular complexity index is 430. The third-order valence-corrected chi connectivity index (χ3v) is 2.80. The molecule has 5 nitrogen and oxygen atoms in total. The molecule has 18 heavy (non-hydrogen) atoms. The molecule has 1 rings (SSSR count). The maximum atomic E-state index is 11.4. The van der Waals surface area contributed by atoms with E-state index in [2.05, 4.69) is 10.6 Å². The topological polar surface area (TPSA) is 76.4 Å². The maximum absolute atomic E-state index is 11.4. The average Bonchev–Trinajstić information content (AvgIpc) is 2.36. The smallest absolute Gasteiger partial charge is 0.251 e. The van der Waals surface area contributed by atoms with Gasteiger partial charge in [-0.2, -0.15) is 0 Å². The van der Waals surface area contributed by atoms with E-state index in [1.54, 1.807) is 32.4 Å². The zero-order valence-electron chi connectivity index (χ0n) is 11.3. The zero-order valence-corrected chi connectivity index (χ0v) is 11.3. The van der Waals surface area contributed by atoms with Crippen molar-refractivity contribution >= 4 is 17.3 Å². The van der Waals surface area contributed by atoms with E-state index in [0.717, 1.165) is 5.69 Å². The highest BCUT2D eigenvalue weighted by molar-refractivity contribution is 5.95. The number of rotatable bonds is 5. The van der Waals surface area contributed by atoms with Crippen molar-refractivity contribution in [2.45, 2.75) is 19.4 Å².